The van der Waals surface area contributed by atoms with E-state index >= 15 is 0 Å². The van der Waals surface area contributed by atoms with Crippen molar-refractivity contribution in [3.05, 3.63) is 52.1 Å². The van der Waals surface area contributed by atoms with E-state index in [0.717, 1.165) is 24.2 Å². The van der Waals surface area contributed by atoms with E-state index in [1.54, 1.807) is 11.6 Å². The Bertz CT molecular complexity index is 734. The molecule has 0 bridgehead atoms. The van der Waals surface area contributed by atoms with E-state index in [-0.39, 0.29) is 5.70 Å². The number of aliphatic imine (C=N–C) groups is 1. The molecule has 0 spiro atoms. The van der Waals surface area contributed by atoms with Crippen molar-refractivity contribution in [1.82, 2.24) is 4.98 Å². The minimum absolute atomic E-state index is 0.258. The highest BCUT2D eigenvalue weighted by atomic mass is 32.1. The van der Waals surface area contributed by atoms with Crippen LogP contribution in [0.2, 0.25) is 0 Å². The number of carbonyl (C=O) groups excluding carboxylic acids is 1. The smallest absolute Gasteiger partial charge is 0.363 e. The second-order valence-electron chi connectivity index (χ2n) is 4.98. The summed E-state index contributed by atoms with van der Waals surface area (Å²) in [5.41, 5.74) is 3.40. The fraction of sp³-hybridized carbons (Fsp3) is 0.235. The molecule has 0 unspecified atom stereocenters. The first-order chi connectivity index (χ1) is 11.3. The van der Waals surface area contributed by atoms with E-state index in [9.17, 15) is 4.79 Å². The number of hydrogen-bond donors (Lipinski definition) is 0. The van der Waals surface area contributed by atoms with Gasteiger partial charge in [-0.05, 0) is 36.8 Å². The first-order valence-electron chi connectivity index (χ1n) is 7.40. The molecule has 1 aliphatic heterocycles. The Morgan fingerprint density at radius 1 is 1.30 bits per heavy atom. The fourth-order valence-corrected chi connectivity index (χ4v) is 2.51. The van der Waals surface area contributed by atoms with Crippen molar-refractivity contribution in [2.45, 2.75) is 19.8 Å². The van der Waals surface area contributed by atoms with E-state index < -0.39 is 5.97 Å². The van der Waals surface area contributed by atoms with Crippen LogP contribution in [0.5, 0.6) is 5.75 Å². The van der Waals surface area contributed by atoms with Crippen molar-refractivity contribution in [2.75, 3.05) is 6.61 Å². The Hall–Kier alpha value is -2.47. The molecule has 2 heterocycles. The zero-order valence-electron chi connectivity index (χ0n) is 12.7. The summed E-state index contributed by atoms with van der Waals surface area (Å²) in [5, 5.41) is 1.84. The van der Waals surface area contributed by atoms with Gasteiger partial charge in [-0.1, -0.05) is 13.3 Å². The highest BCUT2D eigenvalue weighted by Gasteiger charge is 2.24. The van der Waals surface area contributed by atoms with E-state index in [2.05, 4.69) is 16.9 Å². The molecule has 0 N–H and O–H groups in total. The van der Waals surface area contributed by atoms with Gasteiger partial charge in [0.05, 0.1) is 17.8 Å². The average molecular weight is 328 g/mol. The van der Waals surface area contributed by atoms with E-state index in [0.29, 0.717) is 18.2 Å². The van der Waals surface area contributed by atoms with Crippen molar-refractivity contribution in [2.24, 2.45) is 4.99 Å². The van der Waals surface area contributed by atoms with Gasteiger partial charge in [0.1, 0.15) is 5.75 Å². The molecule has 6 heteroatoms. The number of hydrogen-bond acceptors (Lipinski definition) is 6. The SMILES string of the molecule is CCCCOc1ccc(C2=N/C(=C/c3cscn3)C(=O)O2)cc1. The van der Waals surface area contributed by atoms with Crippen LogP contribution in [0, 0.1) is 0 Å². The van der Waals surface area contributed by atoms with Crippen molar-refractivity contribution >= 4 is 29.3 Å². The standard InChI is InChI=1S/C17H16N2O3S/c1-2-3-8-21-14-6-4-12(5-7-14)16-19-15(17(20)22-16)9-13-10-23-11-18-13/h4-7,9-11H,2-3,8H2,1H3/b15-9+. The molecule has 23 heavy (non-hydrogen) atoms. The second kappa shape index (κ2) is 7.19. The highest BCUT2D eigenvalue weighted by molar-refractivity contribution is 7.07. The van der Waals surface area contributed by atoms with Crippen molar-refractivity contribution < 1.29 is 14.3 Å². The van der Waals surface area contributed by atoms with Crippen LogP contribution in [0.3, 0.4) is 0 Å². The maximum atomic E-state index is 11.9. The van der Waals surface area contributed by atoms with Crippen molar-refractivity contribution in [3.63, 3.8) is 0 Å². The third-order valence-electron chi connectivity index (χ3n) is 3.22. The normalized spacial score (nSPS) is 15.6. The molecule has 0 saturated heterocycles. The van der Waals surface area contributed by atoms with Gasteiger partial charge in [-0.15, -0.1) is 11.3 Å². The molecule has 5 nitrogen and oxygen atoms in total. The van der Waals surface area contributed by atoms with Gasteiger partial charge in [0, 0.05) is 10.9 Å². The molecular weight excluding hydrogens is 312 g/mol. The summed E-state index contributed by atoms with van der Waals surface area (Å²) < 4.78 is 10.8. The number of esters is 1. The quantitative estimate of drug-likeness (QED) is 0.461. The Morgan fingerprint density at radius 3 is 2.83 bits per heavy atom. The van der Waals surface area contributed by atoms with Gasteiger partial charge >= 0.3 is 5.97 Å². The first-order valence-corrected chi connectivity index (χ1v) is 8.34. The van der Waals surface area contributed by atoms with Crippen LogP contribution in [0.4, 0.5) is 0 Å². The molecule has 0 aliphatic carbocycles. The van der Waals surface area contributed by atoms with Crippen LogP contribution < -0.4 is 4.74 Å². The maximum Gasteiger partial charge on any atom is 0.363 e. The molecule has 0 radical (unpaired) electrons. The topological polar surface area (TPSA) is 60.8 Å². The van der Waals surface area contributed by atoms with Gasteiger partial charge < -0.3 is 9.47 Å². The zero-order chi connectivity index (χ0) is 16.1. The number of thiazole rings is 1. The van der Waals surface area contributed by atoms with Gasteiger partial charge in [-0.25, -0.2) is 14.8 Å². The Labute approximate surface area is 138 Å². The summed E-state index contributed by atoms with van der Waals surface area (Å²) in [6, 6.07) is 7.37. The summed E-state index contributed by atoms with van der Waals surface area (Å²) in [4.78, 5) is 20.2. The third-order valence-corrected chi connectivity index (χ3v) is 3.83. The van der Waals surface area contributed by atoms with Crippen molar-refractivity contribution in [1.29, 1.82) is 0 Å². The van der Waals surface area contributed by atoms with Gasteiger partial charge in [-0.2, -0.15) is 0 Å². The van der Waals surface area contributed by atoms with Gasteiger partial charge in [0.2, 0.25) is 5.90 Å². The lowest BCUT2D eigenvalue weighted by molar-refractivity contribution is -0.129. The first kappa shape index (κ1) is 15.4. The predicted molar refractivity (Wildman–Crippen MR) is 89.6 cm³/mol. The summed E-state index contributed by atoms with van der Waals surface area (Å²) in [7, 11) is 0. The van der Waals surface area contributed by atoms with Gasteiger partial charge in [0.15, 0.2) is 5.70 Å². The predicted octanol–water partition coefficient (Wildman–Crippen LogP) is 3.67. The van der Waals surface area contributed by atoms with E-state index in [1.165, 1.54) is 11.3 Å². The Morgan fingerprint density at radius 2 is 2.13 bits per heavy atom. The summed E-state index contributed by atoms with van der Waals surface area (Å²) in [5.74, 6) is 0.637. The lowest BCUT2D eigenvalue weighted by Gasteiger charge is -2.05. The number of cyclic esters (lactones) is 1. The third kappa shape index (κ3) is 3.84. The molecule has 1 aromatic heterocycles. The molecule has 3 rings (SSSR count). The number of rotatable bonds is 6. The number of carbonyl (C=O) groups is 1. The molecule has 0 amide bonds. The highest BCUT2D eigenvalue weighted by Crippen LogP contribution is 2.21. The lowest BCUT2D eigenvalue weighted by atomic mass is 10.2. The number of benzene rings is 1. The second-order valence-corrected chi connectivity index (χ2v) is 5.69. The lowest BCUT2D eigenvalue weighted by Crippen LogP contribution is -2.05. The van der Waals surface area contributed by atoms with Crippen LogP contribution in [0.15, 0.2) is 45.8 Å². The zero-order valence-corrected chi connectivity index (χ0v) is 13.5. The van der Waals surface area contributed by atoms with Crippen LogP contribution >= 0.6 is 11.3 Å². The molecule has 0 atom stereocenters. The van der Waals surface area contributed by atoms with E-state index in [4.69, 9.17) is 9.47 Å². The molecule has 2 aromatic rings. The largest absolute Gasteiger partial charge is 0.494 e. The molecule has 118 valence electrons. The minimum atomic E-state index is -0.462. The van der Waals surface area contributed by atoms with E-state index in [1.807, 2.05) is 29.6 Å². The van der Waals surface area contributed by atoms with Gasteiger partial charge in [0.25, 0.3) is 0 Å². The van der Waals surface area contributed by atoms with Gasteiger partial charge in [-0.3, -0.25) is 0 Å². The Balaban J connectivity index is 1.73. The van der Waals surface area contributed by atoms with Crippen LogP contribution in [0.25, 0.3) is 6.08 Å². The number of nitrogens with zero attached hydrogens (tertiary/aromatic N) is 2. The molecular formula is C17H16N2O3S. The maximum absolute atomic E-state index is 11.9. The Kier molecular flexibility index (Phi) is 4.83. The summed E-state index contributed by atoms with van der Waals surface area (Å²) >= 11 is 1.46. The molecule has 0 fully saturated rings. The van der Waals surface area contributed by atoms with Crippen LogP contribution in [0.1, 0.15) is 31.0 Å². The average Bonchev–Trinajstić information content (AvgIpc) is 3.19. The molecule has 1 aliphatic rings. The molecule has 1 aromatic carbocycles. The summed E-state index contributed by atoms with van der Waals surface area (Å²) in [6.07, 6.45) is 3.74. The summed E-state index contributed by atoms with van der Waals surface area (Å²) in [6.45, 7) is 2.82. The van der Waals surface area contributed by atoms with Crippen LogP contribution in [-0.4, -0.2) is 23.5 Å². The molecule has 0 saturated carbocycles. The monoisotopic (exact) mass is 328 g/mol. The van der Waals surface area contributed by atoms with Crippen molar-refractivity contribution in [3.8, 4) is 5.75 Å². The van der Waals surface area contributed by atoms with Crippen LogP contribution in [-0.2, 0) is 9.53 Å². The minimum Gasteiger partial charge on any atom is -0.494 e. The number of unbranched alkanes of at least 4 members (excludes halogenated alkanes) is 1. The number of ether oxygens (including phenoxy) is 2. The fourth-order valence-electron chi connectivity index (χ4n) is 1.99. The number of aromatic nitrogens is 1.